The third-order valence-corrected chi connectivity index (χ3v) is 3.18. The van der Waals surface area contributed by atoms with Crippen LogP contribution in [0.5, 0.6) is 0 Å². The van der Waals surface area contributed by atoms with Crippen molar-refractivity contribution in [2.45, 2.75) is 25.3 Å². The molecule has 3 nitrogen and oxygen atoms in total. The van der Waals surface area contributed by atoms with Crippen molar-refractivity contribution in [2.24, 2.45) is 0 Å². The second-order valence-electron chi connectivity index (χ2n) is 4.56. The average molecular weight is 296 g/mol. The molecule has 0 bridgehead atoms. The van der Waals surface area contributed by atoms with Crippen molar-refractivity contribution in [1.82, 2.24) is 5.32 Å². The molecule has 2 atom stereocenters. The van der Waals surface area contributed by atoms with Gasteiger partial charge < -0.3 is 9.73 Å². The van der Waals surface area contributed by atoms with Crippen LogP contribution in [0.25, 0.3) is 0 Å². The Bertz CT molecular complexity index is 592. The van der Waals surface area contributed by atoms with Gasteiger partial charge in [0.05, 0.1) is 11.4 Å². The van der Waals surface area contributed by atoms with Gasteiger partial charge in [0, 0.05) is 0 Å². The van der Waals surface area contributed by atoms with E-state index in [0.29, 0.717) is 5.76 Å². The number of amides is 1. The highest BCUT2D eigenvalue weighted by molar-refractivity contribution is 6.20. The van der Waals surface area contributed by atoms with Crippen LogP contribution in [0.1, 0.15) is 47.1 Å². The first-order chi connectivity index (χ1) is 9.47. The fourth-order valence-corrected chi connectivity index (χ4v) is 1.91. The van der Waals surface area contributed by atoms with E-state index in [0.717, 1.165) is 5.56 Å². The standard InChI is InChI=1S/C15H15ClFNO2/c1-9(16)13-7-8-14(20-13)15(19)18-10(2)11-3-5-12(17)6-4-11/h3-10H,1-2H3,(H,18,19). The first-order valence-corrected chi connectivity index (χ1v) is 6.71. The zero-order valence-corrected chi connectivity index (χ0v) is 11.9. The minimum absolute atomic E-state index is 0.210. The highest BCUT2D eigenvalue weighted by Gasteiger charge is 2.16. The lowest BCUT2D eigenvalue weighted by Crippen LogP contribution is -2.26. The fraction of sp³-hybridized carbons (Fsp3) is 0.267. The molecule has 0 aliphatic heterocycles. The van der Waals surface area contributed by atoms with E-state index in [1.807, 2.05) is 6.92 Å². The Labute approximate surface area is 121 Å². The number of benzene rings is 1. The molecular weight excluding hydrogens is 281 g/mol. The minimum atomic E-state index is -0.328. The number of carbonyl (C=O) groups excluding carboxylic acids is 1. The first kappa shape index (κ1) is 14.6. The number of halogens is 2. The maximum atomic E-state index is 12.8. The van der Waals surface area contributed by atoms with Gasteiger partial charge in [0.1, 0.15) is 11.6 Å². The number of rotatable bonds is 4. The van der Waals surface area contributed by atoms with E-state index < -0.39 is 0 Å². The third kappa shape index (κ3) is 3.39. The zero-order chi connectivity index (χ0) is 14.7. The van der Waals surface area contributed by atoms with Gasteiger partial charge >= 0.3 is 0 Å². The maximum Gasteiger partial charge on any atom is 0.287 e. The SMILES string of the molecule is CC(Cl)c1ccc(C(=O)NC(C)c2ccc(F)cc2)o1. The van der Waals surface area contributed by atoms with Crippen molar-refractivity contribution in [1.29, 1.82) is 0 Å². The topological polar surface area (TPSA) is 42.2 Å². The molecule has 20 heavy (non-hydrogen) atoms. The van der Waals surface area contributed by atoms with Gasteiger partial charge in [-0.05, 0) is 43.7 Å². The van der Waals surface area contributed by atoms with E-state index in [9.17, 15) is 9.18 Å². The van der Waals surface area contributed by atoms with Crippen LogP contribution >= 0.6 is 11.6 Å². The molecule has 0 radical (unpaired) electrons. The molecule has 5 heteroatoms. The smallest absolute Gasteiger partial charge is 0.287 e. The molecule has 0 aliphatic carbocycles. The second-order valence-corrected chi connectivity index (χ2v) is 5.22. The highest BCUT2D eigenvalue weighted by Crippen LogP contribution is 2.22. The first-order valence-electron chi connectivity index (χ1n) is 6.27. The lowest BCUT2D eigenvalue weighted by atomic mass is 10.1. The molecule has 2 rings (SSSR count). The van der Waals surface area contributed by atoms with Crippen molar-refractivity contribution >= 4 is 17.5 Å². The molecule has 106 valence electrons. The summed E-state index contributed by atoms with van der Waals surface area (Å²) >= 11 is 5.88. The van der Waals surface area contributed by atoms with E-state index in [1.54, 1.807) is 31.2 Å². The zero-order valence-electron chi connectivity index (χ0n) is 11.2. The Kier molecular flexibility index (Phi) is 4.45. The van der Waals surface area contributed by atoms with Crippen molar-refractivity contribution in [2.75, 3.05) is 0 Å². The summed E-state index contributed by atoms with van der Waals surface area (Å²) in [6.07, 6.45) is 0. The molecule has 1 heterocycles. The summed E-state index contributed by atoms with van der Waals surface area (Å²) in [5.74, 6) is 0.122. The fourth-order valence-electron chi connectivity index (χ4n) is 1.79. The quantitative estimate of drug-likeness (QED) is 0.859. The minimum Gasteiger partial charge on any atom is -0.454 e. The Morgan fingerprint density at radius 1 is 1.20 bits per heavy atom. The molecule has 0 saturated heterocycles. The van der Waals surface area contributed by atoms with E-state index in [2.05, 4.69) is 5.32 Å². The van der Waals surface area contributed by atoms with E-state index in [1.165, 1.54) is 12.1 Å². The predicted molar refractivity (Wildman–Crippen MR) is 75.3 cm³/mol. The molecule has 1 aromatic carbocycles. The molecule has 1 aromatic heterocycles. The normalized spacial score (nSPS) is 13.8. The molecular formula is C15H15ClFNO2. The van der Waals surface area contributed by atoms with Crippen LogP contribution in [0.15, 0.2) is 40.8 Å². The molecule has 2 unspecified atom stereocenters. The monoisotopic (exact) mass is 295 g/mol. The van der Waals surface area contributed by atoms with Gasteiger partial charge in [-0.3, -0.25) is 4.79 Å². The van der Waals surface area contributed by atoms with Crippen LogP contribution in [0.2, 0.25) is 0 Å². The second kappa shape index (κ2) is 6.09. The van der Waals surface area contributed by atoms with Crippen LogP contribution < -0.4 is 5.32 Å². The highest BCUT2D eigenvalue weighted by atomic mass is 35.5. The van der Waals surface area contributed by atoms with Gasteiger partial charge in [-0.2, -0.15) is 0 Å². The molecule has 0 aliphatic rings. The summed E-state index contributed by atoms with van der Waals surface area (Å²) in [7, 11) is 0. The van der Waals surface area contributed by atoms with Crippen LogP contribution in [0, 0.1) is 5.82 Å². The summed E-state index contributed by atoms with van der Waals surface area (Å²) in [5.41, 5.74) is 0.817. The largest absolute Gasteiger partial charge is 0.454 e. The van der Waals surface area contributed by atoms with Gasteiger partial charge in [-0.25, -0.2) is 4.39 Å². The predicted octanol–water partition coefficient (Wildman–Crippen LogP) is 4.21. The Morgan fingerprint density at radius 2 is 1.85 bits per heavy atom. The van der Waals surface area contributed by atoms with Crippen LogP contribution in [0.4, 0.5) is 4.39 Å². The Balaban J connectivity index is 2.04. The van der Waals surface area contributed by atoms with Crippen molar-refractivity contribution in [3.05, 3.63) is 59.3 Å². The molecule has 0 fully saturated rings. The van der Waals surface area contributed by atoms with E-state index in [4.69, 9.17) is 16.0 Å². The Hall–Kier alpha value is -1.81. The number of nitrogens with one attached hydrogen (secondary N) is 1. The van der Waals surface area contributed by atoms with Crippen molar-refractivity contribution in [3.8, 4) is 0 Å². The lowest BCUT2D eigenvalue weighted by Gasteiger charge is -2.13. The molecule has 1 N–H and O–H groups in total. The van der Waals surface area contributed by atoms with Crippen LogP contribution in [-0.4, -0.2) is 5.91 Å². The maximum absolute atomic E-state index is 12.8. The number of hydrogen-bond donors (Lipinski definition) is 1. The summed E-state index contributed by atoms with van der Waals surface area (Å²) in [4.78, 5) is 12.0. The van der Waals surface area contributed by atoms with Crippen molar-refractivity contribution in [3.63, 3.8) is 0 Å². The van der Waals surface area contributed by atoms with E-state index in [-0.39, 0.29) is 28.9 Å². The molecule has 0 saturated carbocycles. The molecule has 1 amide bonds. The molecule has 0 spiro atoms. The van der Waals surface area contributed by atoms with Gasteiger partial charge in [-0.1, -0.05) is 12.1 Å². The van der Waals surface area contributed by atoms with Crippen LogP contribution in [0.3, 0.4) is 0 Å². The van der Waals surface area contributed by atoms with Gasteiger partial charge in [-0.15, -0.1) is 11.6 Å². The number of alkyl halides is 1. The van der Waals surface area contributed by atoms with Crippen LogP contribution in [-0.2, 0) is 0 Å². The number of carbonyl (C=O) groups is 1. The van der Waals surface area contributed by atoms with E-state index >= 15 is 0 Å². The third-order valence-electron chi connectivity index (χ3n) is 2.96. The van der Waals surface area contributed by atoms with Gasteiger partial charge in [0.25, 0.3) is 5.91 Å². The van der Waals surface area contributed by atoms with Crippen molar-refractivity contribution < 1.29 is 13.6 Å². The summed E-state index contributed by atoms with van der Waals surface area (Å²) in [6, 6.07) is 9.00. The lowest BCUT2D eigenvalue weighted by molar-refractivity contribution is 0.0910. The van der Waals surface area contributed by atoms with Gasteiger partial charge in [0.2, 0.25) is 0 Å². The summed E-state index contributed by atoms with van der Waals surface area (Å²) in [6.45, 7) is 3.59. The summed E-state index contributed by atoms with van der Waals surface area (Å²) < 4.78 is 18.2. The van der Waals surface area contributed by atoms with Gasteiger partial charge in [0.15, 0.2) is 5.76 Å². The average Bonchev–Trinajstić information content (AvgIpc) is 2.89. The Morgan fingerprint density at radius 3 is 2.40 bits per heavy atom. The summed E-state index contributed by atoms with van der Waals surface area (Å²) in [5, 5.41) is 2.50. The number of hydrogen-bond acceptors (Lipinski definition) is 2. The number of furan rings is 1. The molecule has 2 aromatic rings.